The number of carbonyl (C=O) groups excluding carboxylic acids is 5. The molecule has 162 valence electrons. The molecule has 1 aromatic rings. The van der Waals surface area contributed by atoms with Crippen molar-refractivity contribution < 1.29 is 28.7 Å². The van der Waals surface area contributed by atoms with Crippen LogP contribution < -0.4 is 10.6 Å². The summed E-state index contributed by atoms with van der Waals surface area (Å²) >= 11 is 0. The van der Waals surface area contributed by atoms with Crippen molar-refractivity contribution in [1.29, 1.82) is 0 Å². The second-order valence-corrected chi connectivity index (χ2v) is 7.46. The smallest absolute Gasteiger partial charge is 0.338 e. The average molecular weight is 417 g/mol. The van der Waals surface area contributed by atoms with Crippen molar-refractivity contribution >= 4 is 29.6 Å². The molecular weight excluding hydrogens is 390 g/mol. The van der Waals surface area contributed by atoms with E-state index in [-0.39, 0.29) is 28.5 Å². The third-order valence-electron chi connectivity index (χ3n) is 4.59. The van der Waals surface area contributed by atoms with Crippen LogP contribution in [0.5, 0.6) is 0 Å². The van der Waals surface area contributed by atoms with E-state index in [4.69, 9.17) is 4.74 Å². The molecule has 1 heterocycles. The number of amides is 4. The second-order valence-electron chi connectivity index (χ2n) is 7.46. The Hall–Kier alpha value is -3.23. The Morgan fingerprint density at radius 2 is 1.73 bits per heavy atom. The van der Waals surface area contributed by atoms with Gasteiger partial charge in [0.15, 0.2) is 6.61 Å². The van der Waals surface area contributed by atoms with Crippen LogP contribution in [0.25, 0.3) is 0 Å². The zero-order chi connectivity index (χ0) is 22.4. The molecule has 0 bridgehead atoms. The van der Waals surface area contributed by atoms with Crippen LogP contribution in [0.15, 0.2) is 18.2 Å². The van der Waals surface area contributed by atoms with Crippen molar-refractivity contribution in [3.8, 4) is 0 Å². The van der Waals surface area contributed by atoms with E-state index in [2.05, 4.69) is 10.6 Å². The predicted octanol–water partition coefficient (Wildman–Crippen LogP) is 1.13. The van der Waals surface area contributed by atoms with Gasteiger partial charge in [0.25, 0.3) is 17.7 Å². The van der Waals surface area contributed by atoms with E-state index in [1.54, 1.807) is 6.92 Å². The number of esters is 1. The van der Waals surface area contributed by atoms with Crippen molar-refractivity contribution in [2.75, 3.05) is 19.7 Å². The van der Waals surface area contributed by atoms with Gasteiger partial charge in [-0.2, -0.15) is 0 Å². The number of hydrogen-bond donors (Lipinski definition) is 2. The topological polar surface area (TPSA) is 122 Å². The Kier molecular flexibility index (Phi) is 7.68. The highest BCUT2D eigenvalue weighted by Crippen LogP contribution is 2.25. The maximum Gasteiger partial charge on any atom is 0.338 e. The zero-order valence-corrected chi connectivity index (χ0v) is 17.6. The highest BCUT2D eigenvalue weighted by atomic mass is 16.5. The van der Waals surface area contributed by atoms with Gasteiger partial charge in [-0.15, -0.1) is 0 Å². The van der Waals surface area contributed by atoms with E-state index >= 15 is 0 Å². The zero-order valence-electron chi connectivity index (χ0n) is 17.6. The van der Waals surface area contributed by atoms with Gasteiger partial charge < -0.3 is 15.4 Å². The molecular formula is C21H27N3O6. The van der Waals surface area contributed by atoms with E-state index in [0.29, 0.717) is 25.4 Å². The van der Waals surface area contributed by atoms with Crippen LogP contribution in [-0.2, 0) is 14.3 Å². The largest absolute Gasteiger partial charge is 0.452 e. The molecule has 0 spiro atoms. The lowest BCUT2D eigenvalue weighted by atomic mass is 10.1. The minimum atomic E-state index is -0.806. The number of ether oxygens (including phenoxy) is 1. The molecule has 0 saturated heterocycles. The molecule has 0 unspecified atom stereocenters. The van der Waals surface area contributed by atoms with Gasteiger partial charge in [-0.25, -0.2) is 4.79 Å². The SMILES string of the molecule is CCNC(=O)[C@@H](C)NC(=O)COC(=O)c1ccc2c(c1)C(=O)N(CCC(C)C)C2=O. The lowest BCUT2D eigenvalue weighted by Gasteiger charge is -2.14. The first-order valence-electron chi connectivity index (χ1n) is 9.90. The van der Waals surface area contributed by atoms with E-state index in [1.165, 1.54) is 30.0 Å². The van der Waals surface area contributed by atoms with Crippen LogP contribution in [0.1, 0.15) is 65.2 Å². The Morgan fingerprint density at radius 1 is 1.07 bits per heavy atom. The summed E-state index contributed by atoms with van der Waals surface area (Å²) in [5, 5.41) is 4.99. The normalized spacial score (nSPS) is 13.8. The summed E-state index contributed by atoms with van der Waals surface area (Å²) < 4.78 is 4.97. The van der Waals surface area contributed by atoms with Crippen LogP contribution in [0.2, 0.25) is 0 Å². The van der Waals surface area contributed by atoms with Gasteiger partial charge in [-0.05, 0) is 44.4 Å². The number of benzene rings is 1. The number of hydrogen-bond acceptors (Lipinski definition) is 6. The van der Waals surface area contributed by atoms with Gasteiger partial charge in [-0.1, -0.05) is 13.8 Å². The molecule has 1 aliphatic heterocycles. The molecule has 9 heteroatoms. The van der Waals surface area contributed by atoms with Crippen molar-refractivity contribution in [3.05, 3.63) is 34.9 Å². The van der Waals surface area contributed by atoms with Crippen LogP contribution in [-0.4, -0.2) is 60.2 Å². The van der Waals surface area contributed by atoms with Crippen LogP contribution in [0.3, 0.4) is 0 Å². The van der Waals surface area contributed by atoms with Crippen molar-refractivity contribution in [3.63, 3.8) is 0 Å². The van der Waals surface area contributed by atoms with Gasteiger partial charge in [0.2, 0.25) is 5.91 Å². The van der Waals surface area contributed by atoms with Crippen LogP contribution in [0, 0.1) is 5.92 Å². The first-order chi connectivity index (χ1) is 14.1. The molecule has 1 atom stereocenters. The Labute approximate surface area is 175 Å². The standard InChI is InChI=1S/C21H27N3O6/c1-5-22-18(26)13(4)23-17(25)11-30-21(29)14-6-7-15-16(10-14)20(28)24(19(15)27)9-8-12(2)3/h6-7,10,12-13H,5,8-9,11H2,1-4H3,(H,22,26)(H,23,25)/t13-/m1/s1. The molecule has 9 nitrogen and oxygen atoms in total. The quantitative estimate of drug-likeness (QED) is 0.459. The monoisotopic (exact) mass is 417 g/mol. The van der Waals surface area contributed by atoms with E-state index in [1.807, 2.05) is 13.8 Å². The number of nitrogens with one attached hydrogen (secondary N) is 2. The first-order valence-corrected chi connectivity index (χ1v) is 9.90. The third-order valence-corrected chi connectivity index (χ3v) is 4.59. The van der Waals surface area contributed by atoms with Crippen molar-refractivity contribution in [2.45, 2.75) is 40.2 Å². The molecule has 1 aromatic carbocycles. The summed E-state index contributed by atoms with van der Waals surface area (Å²) in [4.78, 5) is 61.9. The van der Waals surface area contributed by atoms with Crippen molar-refractivity contribution in [1.82, 2.24) is 15.5 Å². The third kappa shape index (κ3) is 5.43. The number of fused-ring (bicyclic) bond motifs is 1. The van der Waals surface area contributed by atoms with Gasteiger partial charge in [0.1, 0.15) is 6.04 Å². The number of imide groups is 1. The number of rotatable bonds is 9. The Bertz CT molecular complexity index is 864. The molecule has 0 radical (unpaired) electrons. The first kappa shape index (κ1) is 23.1. The maximum absolute atomic E-state index is 12.5. The number of likely N-dealkylation sites (N-methyl/N-ethyl adjacent to an activating group) is 1. The average Bonchev–Trinajstić information content (AvgIpc) is 2.94. The van der Waals surface area contributed by atoms with Crippen LogP contribution in [0.4, 0.5) is 0 Å². The van der Waals surface area contributed by atoms with Gasteiger partial charge >= 0.3 is 5.97 Å². The number of carbonyl (C=O) groups is 5. The van der Waals surface area contributed by atoms with E-state index < -0.39 is 30.4 Å². The molecule has 30 heavy (non-hydrogen) atoms. The highest BCUT2D eigenvalue weighted by molar-refractivity contribution is 6.22. The minimum Gasteiger partial charge on any atom is -0.452 e. The van der Waals surface area contributed by atoms with Gasteiger partial charge in [-0.3, -0.25) is 24.1 Å². The predicted molar refractivity (Wildman–Crippen MR) is 108 cm³/mol. The van der Waals surface area contributed by atoms with E-state index in [9.17, 15) is 24.0 Å². The lowest BCUT2D eigenvalue weighted by molar-refractivity contribution is -0.130. The summed E-state index contributed by atoms with van der Waals surface area (Å²) in [6.07, 6.45) is 0.685. The molecule has 0 saturated carbocycles. The minimum absolute atomic E-state index is 0.0604. The molecule has 1 aliphatic rings. The van der Waals surface area contributed by atoms with Crippen LogP contribution >= 0.6 is 0 Å². The Balaban J connectivity index is 1.98. The lowest BCUT2D eigenvalue weighted by Crippen LogP contribution is -2.46. The molecule has 0 fully saturated rings. The molecule has 4 amide bonds. The van der Waals surface area contributed by atoms with Gasteiger partial charge in [0, 0.05) is 13.1 Å². The molecule has 0 aliphatic carbocycles. The summed E-state index contributed by atoms with van der Waals surface area (Å²) in [5.41, 5.74) is 0.450. The fraction of sp³-hybridized carbons (Fsp3) is 0.476. The van der Waals surface area contributed by atoms with E-state index in [0.717, 1.165) is 0 Å². The Morgan fingerprint density at radius 3 is 2.37 bits per heavy atom. The summed E-state index contributed by atoms with van der Waals surface area (Å²) in [6, 6.07) is 3.34. The van der Waals surface area contributed by atoms with Crippen molar-refractivity contribution in [2.24, 2.45) is 5.92 Å². The number of nitrogens with zero attached hydrogens (tertiary/aromatic N) is 1. The molecule has 0 aromatic heterocycles. The summed E-state index contributed by atoms with van der Waals surface area (Å²) in [6.45, 7) is 7.44. The second kappa shape index (κ2) is 10.00. The van der Waals surface area contributed by atoms with Gasteiger partial charge in [0.05, 0.1) is 16.7 Å². The fourth-order valence-electron chi connectivity index (χ4n) is 2.90. The summed E-state index contributed by atoms with van der Waals surface area (Å²) in [7, 11) is 0. The molecule has 2 rings (SSSR count). The maximum atomic E-state index is 12.5. The summed E-state index contributed by atoms with van der Waals surface area (Å²) in [5.74, 6) is -2.27. The molecule has 2 N–H and O–H groups in total. The fourth-order valence-corrected chi connectivity index (χ4v) is 2.90. The highest BCUT2D eigenvalue weighted by Gasteiger charge is 2.35.